The zero-order chi connectivity index (χ0) is 17.4. The molecule has 0 bridgehead atoms. The highest BCUT2D eigenvalue weighted by Crippen LogP contribution is 2.48. The van der Waals surface area contributed by atoms with E-state index in [0.717, 1.165) is 26.9 Å². The van der Waals surface area contributed by atoms with Crippen LogP contribution in [0.2, 0.25) is 0 Å². The van der Waals surface area contributed by atoms with Crippen LogP contribution in [-0.2, 0) is 16.6 Å². The summed E-state index contributed by atoms with van der Waals surface area (Å²) in [5.41, 5.74) is 3.53. The van der Waals surface area contributed by atoms with Crippen molar-refractivity contribution in [2.75, 3.05) is 11.9 Å². The van der Waals surface area contributed by atoms with Crippen LogP contribution in [0.4, 0.5) is 5.69 Å². The molecule has 4 rings (SSSR count). The largest absolute Gasteiger partial charge is 0.314 e. The number of hydrogen-bond donors (Lipinski definition) is 0. The zero-order valence-corrected chi connectivity index (χ0v) is 15.5. The third kappa shape index (κ3) is 2.50. The Bertz CT molecular complexity index is 923. The van der Waals surface area contributed by atoms with Gasteiger partial charge in [0, 0.05) is 17.2 Å². The number of halogens is 1. The molecule has 0 fully saturated rings. The number of rotatable bonds is 3. The van der Waals surface area contributed by atoms with Gasteiger partial charge in [0.25, 0.3) is 0 Å². The van der Waals surface area contributed by atoms with Crippen LogP contribution in [0.25, 0.3) is 0 Å². The number of carbonyl (C=O) groups excluding carboxylic acids is 1. The fraction of sp³-hybridized carbons (Fsp3) is 0.136. The first kappa shape index (κ1) is 16.1. The standard InChI is InChI=1S/C22H18BrNO/c1-24-20-13-12-18(23)14-19(20)22(21(24)25,17-10-6-3-7-11-17)15-16-8-4-2-5-9-16/h2-14H,15H2,1H3. The highest BCUT2D eigenvalue weighted by molar-refractivity contribution is 9.10. The van der Waals surface area contributed by atoms with Gasteiger partial charge in [0.2, 0.25) is 5.91 Å². The predicted molar refractivity (Wildman–Crippen MR) is 105 cm³/mol. The molecule has 0 N–H and O–H groups in total. The average Bonchev–Trinajstić information content (AvgIpc) is 2.85. The molecule has 124 valence electrons. The SMILES string of the molecule is CN1C(=O)C(Cc2ccccc2)(c2ccccc2)c2cc(Br)ccc21. The fourth-order valence-electron chi connectivity index (χ4n) is 3.83. The first-order valence-electron chi connectivity index (χ1n) is 8.30. The van der Waals surface area contributed by atoms with E-state index >= 15 is 0 Å². The Labute approximate surface area is 156 Å². The minimum absolute atomic E-state index is 0.121. The molecule has 1 heterocycles. The van der Waals surface area contributed by atoms with E-state index in [-0.39, 0.29) is 5.91 Å². The number of carbonyl (C=O) groups is 1. The summed E-state index contributed by atoms with van der Waals surface area (Å²) in [6.45, 7) is 0. The molecule has 3 aromatic carbocycles. The van der Waals surface area contributed by atoms with E-state index in [1.807, 2.05) is 55.6 Å². The third-order valence-electron chi connectivity index (χ3n) is 5.03. The van der Waals surface area contributed by atoms with Gasteiger partial charge >= 0.3 is 0 Å². The molecule has 0 radical (unpaired) electrons. The van der Waals surface area contributed by atoms with Crippen molar-refractivity contribution in [2.24, 2.45) is 0 Å². The second-order valence-corrected chi connectivity index (χ2v) is 7.38. The highest BCUT2D eigenvalue weighted by atomic mass is 79.9. The number of fused-ring (bicyclic) bond motifs is 1. The minimum atomic E-state index is -0.698. The Morgan fingerprint density at radius 2 is 1.56 bits per heavy atom. The molecule has 1 aliphatic heterocycles. The molecule has 1 unspecified atom stereocenters. The van der Waals surface area contributed by atoms with Crippen molar-refractivity contribution in [3.05, 3.63) is 100 Å². The third-order valence-corrected chi connectivity index (χ3v) is 5.52. The molecule has 1 atom stereocenters. The number of likely N-dealkylation sites (N-methyl/N-ethyl adjacent to an activating group) is 1. The van der Waals surface area contributed by atoms with E-state index in [4.69, 9.17) is 0 Å². The Morgan fingerprint density at radius 3 is 2.24 bits per heavy atom. The molecular weight excluding hydrogens is 374 g/mol. The minimum Gasteiger partial charge on any atom is -0.314 e. The smallest absolute Gasteiger partial charge is 0.242 e. The van der Waals surface area contributed by atoms with Gasteiger partial charge in [-0.1, -0.05) is 76.6 Å². The van der Waals surface area contributed by atoms with Crippen LogP contribution in [0.15, 0.2) is 83.3 Å². The van der Waals surface area contributed by atoms with E-state index in [1.54, 1.807) is 4.90 Å². The molecular formula is C22H18BrNO. The number of benzene rings is 3. The number of anilines is 1. The summed E-state index contributed by atoms with van der Waals surface area (Å²) in [5, 5.41) is 0. The molecule has 1 aliphatic rings. The molecule has 0 aliphatic carbocycles. The van der Waals surface area contributed by atoms with Gasteiger partial charge in [0.15, 0.2) is 0 Å². The highest BCUT2D eigenvalue weighted by Gasteiger charge is 2.50. The van der Waals surface area contributed by atoms with Gasteiger partial charge in [0.05, 0.1) is 0 Å². The maximum Gasteiger partial charge on any atom is 0.242 e. The predicted octanol–water partition coefficient (Wildman–Crippen LogP) is 4.95. The lowest BCUT2D eigenvalue weighted by molar-refractivity contribution is -0.121. The summed E-state index contributed by atoms with van der Waals surface area (Å²) >= 11 is 3.58. The fourth-order valence-corrected chi connectivity index (χ4v) is 4.19. The number of amides is 1. The Morgan fingerprint density at radius 1 is 0.920 bits per heavy atom. The van der Waals surface area contributed by atoms with Gasteiger partial charge in [-0.15, -0.1) is 0 Å². The summed E-state index contributed by atoms with van der Waals surface area (Å²) in [4.78, 5) is 15.3. The summed E-state index contributed by atoms with van der Waals surface area (Å²) in [5.74, 6) is 0.121. The first-order chi connectivity index (χ1) is 12.1. The average molecular weight is 392 g/mol. The van der Waals surface area contributed by atoms with E-state index in [0.29, 0.717) is 6.42 Å². The molecule has 25 heavy (non-hydrogen) atoms. The summed E-state index contributed by atoms with van der Waals surface area (Å²) < 4.78 is 0.989. The molecule has 0 saturated heterocycles. The van der Waals surface area contributed by atoms with Crippen LogP contribution in [0.5, 0.6) is 0 Å². The lowest BCUT2D eigenvalue weighted by Gasteiger charge is -2.29. The summed E-state index contributed by atoms with van der Waals surface area (Å²) in [6, 6.07) is 26.5. The van der Waals surface area contributed by atoms with Gasteiger partial charge in [0.1, 0.15) is 5.41 Å². The maximum absolute atomic E-state index is 13.5. The molecule has 3 aromatic rings. The molecule has 2 nitrogen and oxygen atoms in total. The quantitative estimate of drug-likeness (QED) is 0.618. The Hall–Kier alpha value is -2.39. The molecule has 0 spiro atoms. The van der Waals surface area contributed by atoms with E-state index in [9.17, 15) is 4.79 Å². The molecule has 0 saturated carbocycles. The normalized spacial score (nSPS) is 19.1. The lowest BCUT2D eigenvalue weighted by Crippen LogP contribution is -2.41. The molecule has 3 heteroatoms. The maximum atomic E-state index is 13.5. The number of hydrogen-bond acceptors (Lipinski definition) is 1. The van der Waals surface area contributed by atoms with Crippen molar-refractivity contribution in [2.45, 2.75) is 11.8 Å². The number of nitrogens with zero attached hydrogens (tertiary/aromatic N) is 1. The lowest BCUT2D eigenvalue weighted by atomic mass is 9.71. The second kappa shape index (κ2) is 6.16. The second-order valence-electron chi connectivity index (χ2n) is 6.46. The van der Waals surface area contributed by atoms with Crippen molar-refractivity contribution < 1.29 is 4.79 Å². The van der Waals surface area contributed by atoms with Crippen LogP contribution in [0.1, 0.15) is 16.7 Å². The van der Waals surface area contributed by atoms with Gasteiger partial charge in [-0.2, -0.15) is 0 Å². The first-order valence-corrected chi connectivity index (χ1v) is 9.10. The van der Waals surface area contributed by atoms with Gasteiger partial charge < -0.3 is 4.90 Å². The Kier molecular flexibility index (Phi) is 3.97. The van der Waals surface area contributed by atoms with Crippen molar-refractivity contribution in [3.8, 4) is 0 Å². The molecule has 0 aromatic heterocycles. The zero-order valence-electron chi connectivity index (χ0n) is 13.9. The van der Waals surface area contributed by atoms with Crippen LogP contribution >= 0.6 is 15.9 Å². The topological polar surface area (TPSA) is 20.3 Å². The van der Waals surface area contributed by atoms with Crippen molar-refractivity contribution in [1.29, 1.82) is 0 Å². The van der Waals surface area contributed by atoms with Crippen LogP contribution in [0, 0.1) is 0 Å². The van der Waals surface area contributed by atoms with Crippen LogP contribution in [-0.4, -0.2) is 13.0 Å². The summed E-state index contributed by atoms with van der Waals surface area (Å²) in [7, 11) is 1.87. The van der Waals surface area contributed by atoms with E-state index < -0.39 is 5.41 Å². The van der Waals surface area contributed by atoms with Gasteiger partial charge in [-0.05, 0) is 41.3 Å². The van der Waals surface area contributed by atoms with Crippen molar-refractivity contribution in [1.82, 2.24) is 0 Å². The van der Waals surface area contributed by atoms with Gasteiger partial charge in [-0.25, -0.2) is 0 Å². The molecule has 1 amide bonds. The van der Waals surface area contributed by atoms with Crippen LogP contribution in [0.3, 0.4) is 0 Å². The summed E-state index contributed by atoms with van der Waals surface area (Å²) in [6.07, 6.45) is 0.643. The van der Waals surface area contributed by atoms with E-state index in [1.165, 1.54) is 0 Å². The Balaban J connectivity index is 1.99. The van der Waals surface area contributed by atoms with Crippen molar-refractivity contribution in [3.63, 3.8) is 0 Å². The van der Waals surface area contributed by atoms with Crippen molar-refractivity contribution >= 4 is 27.5 Å². The van der Waals surface area contributed by atoms with E-state index in [2.05, 4.69) is 46.3 Å². The van der Waals surface area contributed by atoms with Crippen LogP contribution < -0.4 is 4.90 Å². The van der Waals surface area contributed by atoms with Gasteiger partial charge in [-0.3, -0.25) is 4.79 Å². The monoisotopic (exact) mass is 391 g/mol.